The van der Waals surface area contributed by atoms with Crippen molar-refractivity contribution in [3.63, 3.8) is 0 Å². The lowest BCUT2D eigenvalue weighted by Gasteiger charge is -2.25. The summed E-state index contributed by atoms with van der Waals surface area (Å²) in [6.07, 6.45) is 1.67. The fraction of sp³-hybridized carbons (Fsp3) is 0.391. The van der Waals surface area contributed by atoms with E-state index in [2.05, 4.69) is 5.32 Å². The van der Waals surface area contributed by atoms with Crippen LogP contribution in [0.4, 0.5) is 14.5 Å². The molecule has 11 heteroatoms. The molecule has 1 atom stereocenters. The minimum absolute atomic E-state index is 0. The predicted molar refractivity (Wildman–Crippen MR) is 131 cm³/mol. The molecule has 184 valence electrons. The average Bonchev–Trinajstić information content (AvgIpc) is 2.92. The molecule has 0 aliphatic carbocycles. The Bertz CT molecular complexity index is 1070. The number of thioether (sulfide) groups is 1. The number of rotatable bonds is 5. The third kappa shape index (κ3) is 6.01. The van der Waals surface area contributed by atoms with Crippen LogP contribution in [0.25, 0.3) is 0 Å². The van der Waals surface area contributed by atoms with Crippen molar-refractivity contribution in [1.29, 1.82) is 0 Å². The zero-order valence-electron chi connectivity index (χ0n) is 18.2. The maximum absolute atomic E-state index is 14.9. The lowest BCUT2D eigenvalue weighted by atomic mass is 10.0. The monoisotopic (exact) mass is 531 g/mol. The van der Waals surface area contributed by atoms with Crippen LogP contribution < -0.4 is 16.0 Å². The van der Waals surface area contributed by atoms with Gasteiger partial charge in [0.25, 0.3) is 5.91 Å². The number of ether oxygens (including phenoxy) is 1. The number of benzene rings is 2. The molecule has 2 heterocycles. The van der Waals surface area contributed by atoms with E-state index in [1.54, 1.807) is 6.07 Å². The largest absolute Gasteiger partial charge is 0.381 e. The SMILES string of the molecule is Cl.N[C@H]1CSc2cc(F)c(C(=O)NCC3CCOCC3)cc2N(Cc2ccc(Cl)c(F)c2)C1=O. The Morgan fingerprint density at radius 1 is 1.21 bits per heavy atom. The number of amides is 2. The summed E-state index contributed by atoms with van der Waals surface area (Å²) in [5, 5.41) is 2.77. The minimum Gasteiger partial charge on any atom is -0.381 e. The Hall–Kier alpha value is -1.91. The van der Waals surface area contributed by atoms with E-state index in [0.717, 1.165) is 12.8 Å². The van der Waals surface area contributed by atoms with Crippen LogP contribution in [-0.2, 0) is 16.1 Å². The van der Waals surface area contributed by atoms with E-state index >= 15 is 0 Å². The van der Waals surface area contributed by atoms with Gasteiger partial charge in [-0.25, -0.2) is 8.78 Å². The molecule has 0 bridgehead atoms. The van der Waals surface area contributed by atoms with Crippen molar-refractivity contribution in [1.82, 2.24) is 5.32 Å². The number of nitrogens with zero attached hydrogens (tertiary/aromatic N) is 1. The second kappa shape index (κ2) is 11.7. The highest BCUT2D eigenvalue weighted by molar-refractivity contribution is 7.99. The molecule has 1 saturated heterocycles. The summed E-state index contributed by atoms with van der Waals surface area (Å²) in [5.41, 5.74) is 6.73. The topological polar surface area (TPSA) is 84.7 Å². The van der Waals surface area contributed by atoms with Gasteiger partial charge in [-0.2, -0.15) is 0 Å². The van der Waals surface area contributed by atoms with Crippen LogP contribution in [0.1, 0.15) is 28.8 Å². The molecular formula is C23H25Cl2F2N3O3S. The Balaban J connectivity index is 0.00000324. The number of nitrogens with two attached hydrogens (primary N) is 1. The third-order valence-corrected chi connectivity index (χ3v) is 7.27. The van der Waals surface area contributed by atoms with Crippen molar-refractivity contribution in [2.75, 3.05) is 30.4 Å². The fourth-order valence-electron chi connectivity index (χ4n) is 3.88. The zero-order valence-corrected chi connectivity index (χ0v) is 20.6. The van der Waals surface area contributed by atoms with E-state index in [-0.39, 0.29) is 41.2 Å². The van der Waals surface area contributed by atoms with Gasteiger partial charge in [0.2, 0.25) is 5.91 Å². The molecule has 0 aromatic heterocycles. The van der Waals surface area contributed by atoms with Gasteiger partial charge in [-0.1, -0.05) is 17.7 Å². The molecule has 0 saturated carbocycles. The fourth-order valence-corrected chi connectivity index (χ4v) is 5.00. The molecule has 2 amide bonds. The van der Waals surface area contributed by atoms with Gasteiger partial charge in [-0.05, 0) is 48.6 Å². The molecule has 2 aromatic carbocycles. The van der Waals surface area contributed by atoms with Gasteiger partial charge in [0.1, 0.15) is 11.6 Å². The van der Waals surface area contributed by atoms with Gasteiger partial charge >= 0.3 is 0 Å². The number of halogens is 4. The summed E-state index contributed by atoms with van der Waals surface area (Å²) in [6, 6.07) is 6.05. The number of carbonyl (C=O) groups excluding carboxylic acids is 2. The highest BCUT2D eigenvalue weighted by atomic mass is 35.5. The summed E-state index contributed by atoms with van der Waals surface area (Å²) >= 11 is 7.01. The number of hydrogen-bond acceptors (Lipinski definition) is 5. The Kier molecular flexibility index (Phi) is 9.17. The van der Waals surface area contributed by atoms with Crippen molar-refractivity contribution in [3.05, 3.63) is 58.1 Å². The first-order valence-corrected chi connectivity index (χ1v) is 12.0. The molecule has 0 unspecified atom stereocenters. The lowest BCUT2D eigenvalue weighted by Crippen LogP contribution is -2.44. The van der Waals surface area contributed by atoms with E-state index in [1.165, 1.54) is 40.9 Å². The van der Waals surface area contributed by atoms with Gasteiger partial charge in [-0.3, -0.25) is 9.59 Å². The van der Waals surface area contributed by atoms with Gasteiger partial charge in [0.15, 0.2) is 0 Å². The Morgan fingerprint density at radius 2 is 1.94 bits per heavy atom. The van der Waals surface area contributed by atoms with E-state index in [1.807, 2.05) is 0 Å². The number of carbonyl (C=O) groups is 2. The Labute approximate surface area is 211 Å². The molecule has 3 N–H and O–H groups in total. The van der Waals surface area contributed by atoms with Crippen LogP contribution in [0, 0.1) is 17.6 Å². The molecule has 4 rings (SSSR count). The van der Waals surface area contributed by atoms with E-state index in [9.17, 15) is 18.4 Å². The number of hydrogen-bond donors (Lipinski definition) is 2. The van der Waals surface area contributed by atoms with E-state index < -0.39 is 29.5 Å². The first-order valence-electron chi connectivity index (χ1n) is 10.7. The van der Waals surface area contributed by atoms with Crippen LogP contribution >= 0.6 is 35.8 Å². The van der Waals surface area contributed by atoms with Gasteiger partial charge in [0, 0.05) is 30.4 Å². The number of nitrogens with one attached hydrogen (secondary N) is 1. The van der Waals surface area contributed by atoms with Crippen LogP contribution in [0.15, 0.2) is 35.2 Å². The molecule has 2 aliphatic rings. The molecule has 1 fully saturated rings. The maximum Gasteiger partial charge on any atom is 0.254 e. The van der Waals surface area contributed by atoms with E-state index in [4.69, 9.17) is 22.1 Å². The molecular weight excluding hydrogens is 507 g/mol. The van der Waals surface area contributed by atoms with Crippen molar-refractivity contribution < 1.29 is 23.1 Å². The van der Waals surface area contributed by atoms with Crippen LogP contribution in [-0.4, -0.2) is 43.4 Å². The molecule has 6 nitrogen and oxygen atoms in total. The average molecular weight is 532 g/mol. The van der Waals surface area contributed by atoms with Crippen molar-refractivity contribution in [3.8, 4) is 0 Å². The van der Waals surface area contributed by atoms with Crippen LogP contribution in [0.3, 0.4) is 0 Å². The standard InChI is InChI=1S/C23H24ClF2N3O3S.ClH/c24-16-2-1-14(7-18(16)26)11-29-20-8-15(22(30)28-10-13-3-5-32-6-4-13)17(25)9-21(20)33-12-19(27)23(29)31;/h1-2,7-9,13,19H,3-6,10-12,27H2,(H,28,30);1H/t19-;/m0./s1. The number of fused-ring (bicyclic) bond motifs is 1. The smallest absolute Gasteiger partial charge is 0.254 e. The molecule has 2 aliphatic heterocycles. The lowest BCUT2D eigenvalue weighted by molar-refractivity contribution is -0.119. The van der Waals surface area contributed by atoms with Gasteiger partial charge in [0.05, 0.1) is 28.9 Å². The highest BCUT2D eigenvalue weighted by Crippen LogP contribution is 2.37. The third-order valence-electron chi connectivity index (χ3n) is 5.80. The summed E-state index contributed by atoms with van der Waals surface area (Å²) in [6.45, 7) is 1.72. The van der Waals surface area contributed by atoms with E-state index in [0.29, 0.717) is 35.9 Å². The summed E-state index contributed by atoms with van der Waals surface area (Å²) in [4.78, 5) is 27.7. The molecule has 0 radical (unpaired) electrons. The van der Waals surface area contributed by atoms with Crippen molar-refractivity contribution >= 4 is 53.3 Å². The van der Waals surface area contributed by atoms with Crippen LogP contribution in [0.2, 0.25) is 5.02 Å². The van der Waals surface area contributed by atoms with Gasteiger partial charge < -0.3 is 20.7 Å². The molecule has 2 aromatic rings. The summed E-state index contributed by atoms with van der Waals surface area (Å²) in [5.74, 6) is -1.69. The minimum atomic E-state index is -0.826. The van der Waals surface area contributed by atoms with Crippen molar-refractivity contribution in [2.24, 2.45) is 11.7 Å². The molecule has 34 heavy (non-hydrogen) atoms. The quantitative estimate of drug-likeness (QED) is 0.605. The van der Waals surface area contributed by atoms with Crippen LogP contribution in [0.5, 0.6) is 0 Å². The Morgan fingerprint density at radius 3 is 2.65 bits per heavy atom. The van der Waals surface area contributed by atoms with Crippen molar-refractivity contribution in [2.45, 2.75) is 30.3 Å². The first kappa shape index (κ1) is 26.7. The molecule has 0 spiro atoms. The normalized spacial score (nSPS) is 18.6. The predicted octanol–water partition coefficient (Wildman–Crippen LogP) is 4.16. The number of anilines is 1. The second-order valence-electron chi connectivity index (χ2n) is 8.16. The summed E-state index contributed by atoms with van der Waals surface area (Å²) in [7, 11) is 0. The second-order valence-corrected chi connectivity index (χ2v) is 9.62. The highest BCUT2D eigenvalue weighted by Gasteiger charge is 2.31. The summed E-state index contributed by atoms with van der Waals surface area (Å²) < 4.78 is 34.2. The maximum atomic E-state index is 14.9. The zero-order chi connectivity index (χ0) is 23.5. The van der Waals surface area contributed by atoms with Gasteiger partial charge in [-0.15, -0.1) is 24.2 Å². The first-order chi connectivity index (χ1) is 15.8.